The number of nitrogens with zero attached hydrogens (tertiary/aromatic N) is 2. The van der Waals surface area contributed by atoms with Crippen molar-refractivity contribution in [3.8, 4) is 0 Å². The van der Waals surface area contributed by atoms with Gasteiger partial charge in [0.15, 0.2) is 9.84 Å². The van der Waals surface area contributed by atoms with Crippen molar-refractivity contribution in [3.05, 3.63) is 42.1 Å². The van der Waals surface area contributed by atoms with E-state index in [1.807, 2.05) is 44.2 Å². The normalized spacial score (nSPS) is 20.3. The molecule has 0 bridgehead atoms. The number of anilines is 1. The lowest BCUT2D eigenvalue weighted by Crippen LogP contribution is -2.25. The lowest BCUT2D eigenvalue weighted by Gasteiger charge is -2.16. The molecule has 2 atom stereocenters. The number of benzene rings is 1. The first-order valence-electron chi connectivity index (χ1n) is 8.13. The molecular weight excluding hydrogens is 358 g/mol. The fourth-order valence-corrected chi connectivity index (χ4v) is 5.42. The SMILES string of the molecule is Cc1cc(NC(=O)C(C)Sc2ccccc2)n(C2CCS(=O)(=O)C2)n1. The van der Waals surface area contributed by atoms with E-state index in [0.717, 1.165) is 10.6 Å². The molecule has 1 N–H and O–H groups in total. The summed E-state index contributed by atoms with van der Waals surface area (Å²) >= 11 is 1.48. The Morgan fingerprint density at radius 1 is 1.36 bits per heavy atom. The van der Waals surface area contributed by atoms with Crippen LogP contribution in [0.3, 0.4) is 0 Å². The Labute approximate surface area is 151 Å². The second-order valence-corrected chi connectivity index (χ2v) is 9.88. The van der Waals surface area contributed by atoms with Crippen LogP contribution < -0.4 is 5.32 Å². The average Bonchev–Trinajstić information content (AvgIpc) is 3.10. The molecule has 6 nitrogen and oxygen atoms in total. The molecule has 0 spiro atoms. The van der Waals surface area contributed by atoms with Gasteiger partial charge in [-0.15, -0.1) is 11.8 Å². The quantitative estimate of drug-likeness (QED) is 0.808. The third-order valence-electron chi connectivity index (χ3n) is 4.09. The predicted molar refractivity (Wildman–Crippen MR) is 99.7 cm³/mol. The molecule has 1 aromatic heterocycles. The van der Waals surface area contributed by atoms with Gasteiger partial charge in [0, 0.05) is 11.0 Å². The lowest BCUT2D eigenvalue weighted by molar-refractivity contribution is -0.115. The standard InChI is InChI=1S/C17H21N3O3S2/c1-12-10-16(20(19-12)14-8-9-25(22,23)11-14)18-17(21)13(2)24-15-6-4-3-5-7-15/h3-7,10,13-14H,8-9,11H2,1-2H3,(H,18,21). The van der Waals surface area contributed by atoms with Gasteiger partial charge in [-0.1, -0.05) is 18.2 Å². The Hall–Kier alpha value is -1.80. The maximum Gasteiger partial charge on any atom is 0.238 e. The van der Waals surface area contributed by atoms with Crippen molar-refractivity contribution in [1.82, 2.24) is 9.78 Å². The van der Waals surface area contributed by atoms with Crippen LogP contribution in [0.15, 0.2) is 41.3 Å². The number of aryl methyl sites for hydroxylation is 1. The first-order valence-corrected chi connectivity index (χ1v) is 10.8. The largest absolute Gasteiger partial charge is 0.310 e. The summed E-state index contributed by atoms with van der Waals surface area (Å²) in [5.74, 6) is 0.677. The lowest BCUT2D eigenvalue weighted by atomic mass is 10.3. The van der Waals surface area contributed by atoms with Gasteiger partial charge in [-0.05, 0) is 32.4 Å². The van der Waals surface area contributed by atoms with Crippen molar-refractivity contribution >= 4 is 33.3 Å². The summed E-state index contributed by atoms with van der Waals surface area (Å²) in [5, 5.41) is 7.01. The van der Waals surface area contributed by atoms with E-state index in [0.29, 0.717) is 12.2 Å². The minimum absolute atomic E-state index is 0.0747. The maximum absolute atomic E-state index is 12.5. The number of hydrogen-bond donors (Lipinski definition) is 1. The zero-order chi connectivity index (χ0) is 18.0. The zero-order valence-electron chi connectivity index (χ0n) is 14.2. The molecule has 3 rings (SSSR count). The first-order chi connectivity index (χ1) is 11.8. The molecule has 0 radical (unpaired) electrons. The fraction of sp³-hybridized carbons (Fsp3) is 0.412. The van der Waals surface area contributed by atoms with E-state index >= 15 is 0 Å². The van der Waals surface area contributed by atoms with Gasteiger partial charge in [0.1, 0.15) is 5.82 Å². The molecule has 1 amide bonds. The molecule has 2 aromatic rings. The van der Waals surface area contributed by atoms with Gasteiger partial charge in [0.25, 0.3) is 0 Å². The topological polar surface area (TPSA) is 81.1 Å². The number of carbonyl (C=O) groups excluding carboxylic acids is 1. The number of thioether (sulfide) groups is 1. The van der Waals surface area contributed by atoms with Crippen molar-refractivity contribution in [2.24, 2.45) is 0 Å². The van der Waals surface area contributed by atoms with Crippen LogP contribution in [-0.2, 0) is 14.6 Å². The van der Waals surface area contributed by atoms with Gasteiger partial charge in [-0.25, -0.2) is 13.1 Å². The number of nitrogens with one attached hydrogen (secondary N) is 1. The van der Waals surface area contributed by atoms with Crippen LogP contribution in [0, 0.1) is 6.92 Å². The van der Waals surface area contributed by atoms with E-state index in [-0.39, 0.29) is 28.7 Å². The van der Waals surface area contributed by atoms with Gasteiger partial charge < -0.3 is 5.32 Å². The summed E-state index contributed by atoms with van der Waals surface area (Å²) in [6, 6.07) is 11.3. The fourth-order valence-electron chi connectivity index (χ4n) is 2.84. The number of amides is 1. The summed E-state index contributed by atoms with van der Waals surface area (Å²) in [7, 11) is -3.01. The highest BCUT2D eigenvalue weighted by atomic mass is 32.2. The molecule has 1 aromatic carbocycles. The summed E-state index contributed by atoms with van der Waals surface area (Å²) in [5.41, 5.74) is 0.753. The van der Waals surface area contributed by atoms with E-state index in [1.165, 1.54) is 11.8 Å². The summed E-state index contributed by atoms with van der Waals surface area (Å²) < 4.78 is 25.1. The van der Waals surface area contributed by atoms with E-state index < -0.39 is 9.84 Å². The molecule has 8 heteroatoms. The predicted octanol–water partition coefficient (Wildman–Crippen LogP) is 2.67. The molecular formula is C17H21N3O3S2. The summed E-state index contributed by atoms with van der Waals surface area (Å²) in [4.78, 5) is 13.6. The van der Waals surface area contributed by atoms with Gasteiger partial charge in [-0.2, -0.15) is 5.10 Å². The van der Waals surface area contributed by atoms with E-state index in [1.54, 1.807) is 10.7 Å². The third-order valence-corrected chi connectivity index (χ3v) is 6.95. The Kier molecular flexibility index (Phi) is 5.19. The van der Waals surface area contributed by atoms with Crippen LogP contribution in [-0.4, -0.2) is 40.9 Å². The highest BCUT2D eigenvalue weighted by Gasteiger charge is 2.31. The van der Waals surface area contributed by atoms with Crippen molar-refractivity contribution in [3.63, 3.8) is 0 Å². The number of rotatable bonds is 5. The highest BCUT2D eigenvalue weighted by molar-refractivity contribution is 8.00. The van der Waals surface area contributed by atoms with Gasteiger partial charge in [-0.3, -0.25) is 4.79 Å². The number of sulfone groups is 1. The number of aromatic nitrogens is 2. The highest BCUT2D eigenvalue weighted by Crippen LogP contribution is 2.28. The van der Waals surface area contributed by atoms with Crippen LogP contribution in [0.4, 0.5) is 5.82 Å². The third kappa shape index (κ3) is 4.43. The van der Waals surface area contributed by atoms with Crippen molar-refractivity contribution in [1.29, 1.82) is 0 Å². The number of carbonyl (C=O) groups is 1. The molecule has 2 heterocycles. The van der Waals surface area contributed by atoms with Crippen molar-refractivity contribution < 1.29 is 13.2 Å². The van der Waals surface area contributed by atoms with E-state index in [4.69, 9.17) is 0 Å². The van der Waals surface area contributed by atoms with Gasteiger partial charge in [0.05, 0.1) is 28.5 Å². The molecule has 1 aliphatic heterocycles. The Morgan fingerprint density at radius 3 is 2.72 bits per heavy atom. The Bertz CT molecular complexity index is 863. The zero-order valence-corrected chi connectivity index (χ0v) is 15.8. The second kappa shape index (κ2) is 7.21. The van der Waals surface area contributed by atoms with Crippen LogP contribution in [0.2, 0.25) is 0 Å². The second-order valence-electron chi connectivity index (χ2n) is 6.23. The van der Waals surface area contributed by atoms with Gasteiger partial charge >= 0.3 is 0 Å². The van der Waals surface area contributed by atoms with Crippen molar-refractivity contribution in [2.45, 2.75) is 36.5 Å². The molecule has 25 heavy (non-hydrogen) atoms. The van der Waals surface area contributed by atoms with Crippen molar-refractivity contribution in [2.75, 3.05) is 16.8 Å². The minimum Gasteiger partial charge on any atom is -0.310 e. The summed E-state index contributed by atoms with van der Waals surface area (Å²) in [6.07, 6.45) is 0.528. The average molecular weight is 380 g/mol. The molecule has 2 unspecified atom stereocenters. The monoisotopic (exact) mass is 379 g/mol. The molecule has 134 valence electrons. The van der Waals surface area contributed by atoms with Crippen LogP contribution in [0.25, 0.3) is 0 Å². The van der Waals surface area contributed by atoms with Crippen LogP contribution in [0.5, 0.6) is 0 Å². The van der Waals surface area contributed by atoms with Crippen LogP contribution >= 0.6 is 11.8 Å². The molecule has 1 saturated heterocycles. The van der Waals surface area contributed by atoms with E-state index in [9.17, 15) is 13.2 Å². The summed E-state index contributed by atoms with van der Waals surface area (Å²) in [6.45, 7) is 3.68. The van der Waals surface area contributed by atoms with Crippen LogP contribution in [0.1, 0.15) is 25.1 Å². The Morgan fingerprint density at radius 2 is 2.08 bits per heavy atom. The van der Waals surface area contributed by atoms with E-state index in [2.05, 4.69) is 10.4 Å². The maximum atomic E-state index is 12.5. The molecule has 0 aliphatic carbocycles. The number of hydrogen-bond acceptors (Lipinski definition) is 5. The smallest absolute Gasteiger partial charge is 0.238 e. The molecule has 1 fully saturated rings. The minimum atomic E-state index is -3.01. The molecule has 0 saturated carbocycles. The Balaban J connectivity index is 1.71. The molecule has 1 aliphatic rings. The first kappa shape index (κ1) is 18.0. The van der Waals surface area contributed by atoms with Gasteiger partial charge in [0.2, 0.25) is 5.91 Å².